The molecule has 0 amide bonds. The number of rotatable bonds is 0. The van der Waals surface area contributed by atoms with Crippen molar-refractivity contribution in [2.24, 2.45) is 0 Å². The summed E-state index contributed by atoms with van der Waals surface area (Å²) in [5.74, 6) is 1.53. The predicted octanol–water partition coefficient (Wildman–Crippen LogP) is 28.4. The van der Waals surface area contributed by atoms with Crippen LogP contribution in [0.25, 0.3) is 0 Å². The second kappa shape index (κ2) is 194. The van der Waals surface area contributed by atoms with Crippen LogP contribution in [0.1, 0.15) is 334 Å². The van der Waals surface area contributed by atoms with Gasteiger partial charge < -0.3 is 0 Å². The summed E-state index contributed by atoms with van der Waals surface area (Å²) >= 11 is 0. The Morgan fingerprint density at radius 3 is 0.727 bits per heavy atom. The molecular formula is C90H180N20. The van der Waals surface area contributed by atoms with Crippen molar-refractivity contribution in [1.82, 2.24) is 101 Å². The summed E-state index contributed by atoms with van der Waals surface area (Å²) in [6, 6.07) is 17.2. The van der Waals surface area contributed by atoms with Crippen LogP contribution >= 0.6 is 0 Å². The molecular weight excluding hydrogens is 1360 g/mol. The van der Waals surface area contributed by atoms with Gasteiger partial charge in [-0.1, -0.05) is 283 Å². The Balaban J connectivity index is -0.0000000432. The van der Waals surface area contributed by atoms with Crippen molar-refractivity contribution < 1.29 is 0 Å². The van der Waals surface area contributed by atoms with E-state index in [9.17, 15) is 0 Å². The number of hydrogen-bond acceptors (Lipinski definition) is 20. The van der Waals surface area contributed by atoms with Crippen LogP contribution in [0.5, 0.6) is 0 Å². The Bertz CT molecular complexity index is 2000. The average Bonchev–Trinajstić information content (AvgIpc) is 2.03. The minimum Gasteiger partial charge on any atom is -0.265 e. The van der Waals surface area contributed by atoms with Gasteiger partial charge in [0.15, 0.2) is 0 Å². The van der Waals surface area contributed by atoms with E-state index in [0.717, 1.165) is 39.7 Å². The highest BCUT2D eigenvalue weighted by Gasteiger charge is 1.81. The normalized spacial score (nSPS) is 6.64. The molecule has 0 saturated heterocycles. The van der Waals surface area contributed by atoms with Gasteiger partial charge >= 0.3 is 0 Å². The fraction of sp³-hybridized carbons (Fsp3) is 0.556. The second-order valence-electron chi connectivity index (χ2n) is 13.7. The lowest BCUT2D eigenvalue weighted by atomic mass is 10.3. The molecule has 0 fully saturated rings. The Hall–Kier alpha value is -9.20. The molecule has 10 rings (SSSR count). The minimum absolute atomic E-state index is 0.711. The molecule has 640 valence electrons. The Morgan fingerprint density at radius 2 is 0.545 bits per heavy atom. The maximum absolute atomic E-state index is 3.92. The van der Waals surface area contributed by atoms with Crippen molar-refractivity contribution in [3.05, 3.63) is 242 Å². The van der Waals surface area contributed by atoms with E-state index in [-0.39, 0.29) is 0 Å². The summed E-state index contributed by atoms with van der Waals surface area (Å²) in [7, 11) is 0. The summed E-state index contributed by atoms with van der Waals surface area (Å²) < 4.78 is 0. The van der Waals surface area contributed by atoms with E-state index in [4.69, 9.17) is 0 Å². The van der Waals surface area contributed by atoms with E-state index in [1.165, 1.54) is 30.1 Å². The highest BCUT2D eigenvalue weighted by molar-refractivity contribution is 5.06. The molecule has 0 aliphatic heterocycles. The standard InChI is InChI=1S/2C6H7N.6C5H6N2.2C4H5N3.20C2H6/c1-6-2-4-7-5-3-6;1-6-3-2-4-7-5-6;1-5-2-6-4-7-3-5;1-5-4-6-2-3-7-5;1-5-2-3-6-4-7-5;1-5-2-3-6-7-4-5;1-5-6-3-2-4-7-5;1-5-3-2-4-6-7-5;1-4-2-5-3-6-7-4;1-4-5-2-3-6-7-4;20*1-2/h2*2-5H,1H3;6*2-4H,1H3;2*2-3H,1H3;20*1-2H3. The van der Waals surface area contributed by atoms with E-state index in [2.05, 4.69) is 101 Å². The number of aromatic nitrogens is 20. The van der Waals surface area contributed by atoms with Gasteiger partial charge in [0.1, 0.15) is 30.6 Å². The Labute approximate surface area is 685 Å². The zero-order chi connectivity index (χ0) is 91.1. The molecule has 0 radical (unpaired) electrons. The van der Waals surface area contributed by atoms with Gasteiger partial charge in [0, 0.05) is 98.6 Å². The van der Waals surface area contributed by atoms with Crippen molar-refractivity contribution in [2.75, 3.05) is 0 Å². The molecule has 0 aliphatic carbocycles. The number of hydrogen-bond donors (Lipinski definition) is 0. The zero-order valence-electron chi connectivity index (χ0n) is 81.3. The number of nitrogens with zero attached hydrogens (tertiary/aromatic N) is 20. The van der Waals surface area contributed by atoms with Crippen molar-refractivity contribution in [1.29, 1.82) is 0 Å². The lowest BCUT2D eigenvalue weighted by Gasteiger charge is -1.82. The summed E-state index contributed by atoms with van der Waals surface area (Å²) in [6.07, 6.45) is 35.3. The highest BCUT2D eigenvalue weighted by atomic mass is 15.1. The molecule has 0 aromatic carbocycles. The molecule has 0 saturated carbocycles. The largest absolute Gasteiger partial charge is 0.265 e. The van der Waals surface area contributed by atoms with Crippen molar-refractivity contribution in [2.45, 2.75) is 346 Å². The quantitative estimate of drug-likeness (QED) is 0.137. The monoisotopic (exact) mass is 1540 g/mol. The summed E-state index contributed by atoms with van der Waals surface area (Å²) in [4.78, 5) is 45.9. The smallest absolute Gasteiger partial charge is 0.147 e. The van der Waals surface area contributed by atoms with Gasteiger partial charge in [-0.25, -0.2) is 39.9 Å². The first kappa shape index (κ1) is 154. The lowest BCUT2D eigenvalue weighted by molar-refractivity contribution is 0.907. The van der Waals surface area contributed by atoms with Crippen molar-refractivity contribution in [3.8, 4) is 0 Å². The predicted molar refractivity (Wildman–Crippen MR) is 495 cm³/mol. The average molecular weight is 1540 g/mol. The first-order chi connectivity index (χ1) is 53.9. The Kier molecular flexibility index (Phi) is 272. The molecule has 0 bridgehead atoms. The van der Waals surface area contributed by atoms with Crippen molar-refractivity contribution in [3.63, 3.8) is 0 Å². The highest BCUT2D eigenvalue weighted by Crippen LogP contribution is 1.90. The fourth-order valence-electron chi connectivity index (χ4n) is 3.72. The van der Waals surface area contributed by atoms with E-state index >= 15 is 0 Å². The molecule has 20 nitrogen and oxygen atoms in total. The molecule has 10 aromatic rings. The van der Waals surface area contributed by atoms with Crippen LogP contribution in [0.15, 0.2) is 185 Å². The van der Waals surface area contributed by atoms with Crippen LogP contribution in [0.4, 0.5) is 0 Å². The third kappa shape index (κ3) is 189. The second-order valence-corrected chi connectivity index (χ2v) is 13.7. The third-order valence-electron chi connectivity index (χ3n) is 7.09. The molecule has 10 heterocycles. The molecule has 110 heavy (non-hydrogen) atoms. The van der Waals surface area contributed by atoms with Crippen LogP contribution in [0.3, 0.4) is 0 Å². The van der Waals surface area contributed by atoms with Gasteiger partial charge in [-0.2, -0.15) is 30.6 Å². The number of pyridine rings is 2. The van der Waals surface area contributed by atoms with Crippen LogP contribution in [0.2, 0.25) is 0 Å². The van der Waals surface area contributed by atoms with Gasteiger partial charge in [0.2, 0.25) is 0 Å². The van der Waals surface area contributed by atoms with Crippen LogP contribution in [-0.2, 0) is 0 Å². The summed E-state index contributed by atoms with van der Waals surface area (Å²) in [6.45, 7) is 99.3. The van der Waals surface area contributed by atoms with Crippen LogP contribution < -0.4 is 0 Å². The molecule has 0 aliphatic rings. The van der Waals surface area contributed by atoms with E-state index in [1.54, 1.807) is 118 Å². The fourth-order valence-corrected chi connectivity index (χ4v) is 3.72. The van der Waals surface area contributed by atoms with Gasteiger partial charge in [-0.3, -0.25) is 19.9 Å². The molecule has 0 spiro atoms. The summed E-state index contributed by atoms with van der Waals surface area (Å²) in [5.41, 5.74) is 8.50. The van der Waals surface area contributed by atoms with Gasteiger partial charge in [0.05, 0.1) is 35.7 Å². The molecule has 10 aromatic heterocycles. The topological polar surface area (TPSA) is 258 Å². The van der Waals surface area contributed by atoms with Crippen LogP contribution in [0, 0.1) is 69.2 Å². The third-order valence-corrected chi connectivity index (χ3v) is 7.09. The molecule has 20 heteroatoms. The molecule has 0 N–H and O–H groups in total. The minimum atomic E-state index is 0.711. The van der Waals surface area contributed by atoms with Crippen LogP contribution in [-0.4, -0.2) is 101 Å². The maximum Gasteiger partial charge on any atom is 0.147 e. The van der Waals surface area contributed by atoms with E-state index < -0.39 is 0 Å². The van der Waals surface area contributed by atoms with E-state index in [1.807, 2.05) is 394 Å². The summed E-state index contributed by atoms with van der Waals surface area (Å²) in [5, 5.41) is 29.0. The first-order valence-corrected chi connectivity index (χ1v) is 41.2. The van der Waals surface area contributed by atoms with E-state index in [0.29, 0.717) is 5.82 Å². The molecule has 0 atom stereocenters. The van der Waals surface area contributed by atoms with Gasteiger partial charge in [0.25, 0.3) is 0 Å². The first-order valence-electron chi connectivity index (χ1n) is 41.2. The lowest BCUT2D eigenvalue weighted by Crippen LogP contribution is -1.85. The van der Waals surface area contributed by atoms with Gasteiger partial charge in [-0.05, 0) is 140 Å². The van der Waals surface area contributed by atoms with Gasteiger partial charge in [-0.15, -0.1) is 10.2 Å². The maximum atomic E-state index is 3.92. The SMILES string of the molecule is CC.CC.CC.CC.CC.CC.CC.CC.CC.CC.CC.CC.CC.CC.CC.CC.CC.CC.CC.CC.Cc1cccnc1.Cc1cccnn1.Cc1ccncc1.Cc1ccncn1.Cc1ccnnc1.Cc1cnccn1.Cc1cncnc1.Cc1cncnn1.Cc1ncccn1.Cc1nccnn1. The Morgan fingerprint density at radius 1 is 0.164 bits per heavy atom. The van der Waals surface area contributed by atoms with Crippen molar-refractivity contribution >= 4 is 0 Å². The molecule has 0 unspecified atom stereocenters. The number of aryl methyl sites for hydroxylation is 10. The zero-order valence-corrected chi connectivity index (χ0v) is 81.3.